The topological polar surface area (TPSA) is 54.6 Å². The fourth-order valence-corrected chi connectivity index (χ4v) is 3.14. The minimum atomic E-state index is 0.433. The Kier molecular flexibility index (Phi) is 4.02. The predicted octanol–water partition coefficient (Wildman–Crippen LogP) is 4.53. The maximum atomic E-state index is 8.74. The van der Waals surface area contributed by atoms with Gasteiger partial charge in [0.1, 0.15) is 5.52 Å². The summed E-state index contributed by atoms with van der Waals surface area (Å²) in [4.78, 5) is 9.46. The number of unbranched alkanes of at least 4 members (excludes halogenated alkanes) is 1. The van der Waals surface area contributed by atoms with Crippen LogP contribution in [-0.2, 0) is 6.54 Å². The van der Waals surface area contributed by atoms with Crippen LogP contribution in [0.15, 0.2) is 60.7 Å². The van der Waals surface area contributed by atoms with Crippen LogP contribution in [0, 0.1) is 5.41 Å². The molecule has 0 aliphatic heterocycles. The molecular formula is C21H20N4. The lowest BCUT2D eigenvalue weighted by Crippen LogP contribution is -2.23. The predicted molar refractivity (Wildman–Crippen MR) is 101 cm³/mol. The number of nitrogens with zero attached hydrogens (tertiary/aromatic N) is 3. The molecule has 0 radical (unpaired) electrons. The average molecular weight is 328 g/mol. The Hall–Kier alpha value is -3.01. The summed E-state index contributed by atoms with van der Waals surface area (Å²) >= 11 is 0. The fraction of sp³-hybridized carbons (Fsp3) is 0.190. The number of hydrogen-bond donors (Lipinski definition) is 1. The van der Waals surface area contributed by atoms with Gasteiger partial charge in [-0.05, 0) is 30.2 Å². The first-order valence-corrected chi connectivity index (χ1v) is 8.68. The summed E-state index contributed by atoms with van der Waals surface area (Å²) in [6.45, 7) is 2.98. The highest BCUT2D eigenvalue weighted by atomic mass is 15.0. The SMILES string of the molecule is CCCCn1c(-c2ccccc2)cc2nc3ccccc3nc2c1=N. The van der Waals surface area contributed by atoms with Crippen LogP contribution >= 0.6 is 0 Å². The van der Waals surface area contributed by atoms with Crippen molar-refractivity contribution in [2.75, 3.05) is 0 Å². The molecule has 1 N–H and O–H groups in total. The lowest BCUT2D eigenvalue weighted by molar-refractivity contribution is 0.610. The first-order valence-electron chi connectivity index (χ1n) is 8.68. The van der Waals surface area contributed by atoms with Crippen molar-refractivity contribution in [1.82, 2.24) is 14.5 Å². The molecule has 2 heterocycles. The highest BCUT2D eigenvalue weighted by Gasteiger charge is 2.11. The van der Waals surface area contributed by atoms with E-state index in [9.17, 15) is 0 Å². The van der Waals surface area contributed by atoms with E-state index in [4.69, 9.17) is 15.4 Å². The number of benzene rings is 2. The average Bonchev–Trinajstić information content (AvgIpc) is 2.66. The van der Waals surface area contributed by atoms with E-state index in [-0.39, 0.29) is 0 Å². The smallest absolute Gasteiger partial charge is 0.153 e. The van der Waals surface area contributed by atoms with Gasteiger partial charge in [0.15, 0.2) is 5.49 Å². The molecule has 0 aliphatic carbocycles. The van der Waals surface area contributed by atoms with Crippen molar-refractivity contribution in [1.29, 1.82) is 5.41 Å². The maximum Gasteiger partial charge on any atom is 0.153 e. The summed E-state index contributed by atoms with van der Waals surface area (Å²) in [5, 5.41) is 8.74. The van der Waals surface area contributed by atoms with Crippen molar-refractivity contribution in [2.24, 2.45) is 0 Å². The maximum absolute atomic E-state index is 8.74. The first kappa shape index (κ1) is 15.5. The van der Waals surface area contributed by atoms with Crippen molar-refractivity contribution in [3.63, 3.8) is 0 Å². The van der Waals surface area contributed by atoms with Crippen molar-refractivity contribution >= 4 is 22.1 Å². The standard InChI is InChI=1S/C21H20N4/c1-2-3-13-25-19(15-9-5-4-6-10-15)14-18-20(21(25)22)24-17-12-8-7-11-16(17)23-18/h4-12,14,22H,2-3,13H2,1H3. The Morgan fingerprint density at radius 3 is 2.28 bits per heavy atom. The molecular weight excluding hydrogens is 308 g/mol. The summed E-state index contributed by atoms with van der Waals surface area (Å²) in [7, 11) is 0. The molecule has 124 valence electrons. The molecule has 4 aromatic rings. The highest BCUT2D eigenvalue weighted by molar-refractivity contribution is 5.87. The zero-order valence-corrected chi connectivity index (χ0v) is 14.2. The zero-order valence-electron chi connectivity index (χ0n) is 14.2. The van der Waals surface area contributed by atoms with Gasteiger partial charge in [0.2, 0.25) is 0 Å². The van der Waals surface area contributed by atoms with Crippen molar-refractivity contribution in [3.05, 3.63) is 66.2 Å². The molecule has 4 rings (SSSR count). The molecule has 4 heteroatoms. The number of rotatable bonds is 4. The molecule has 0 spiro atoms. The third-order valence-corrected chi connectivity index (χ3v) is 4.46. The molecule has 0 atom stereocenters. The van der Waals surface area contributed by atoms with Crippen molar-refractivity contribution < 1.29 is 0 Å². The van der Waals surface area contributed by atoms with Crippen LogP contribution in [0.4, 0.5) is 0 Å². The fourth-order valence-electron chi connectivity index (χ4n) is 3.14. The Morgan fingerprint density at radius 1 is 0.880 bits per heavy atom. The minimum Gasteiger partial charge on any atom is -0.324 e. The summed E-state index contributed by atoms with van der Waals surface area (Å²) in [5.74, 6) is 0. The molecule has 4 nitrogen and oxygen atoms in total. The molecule has 0 amide bonds. The summed E-state index contributed by atoms with van der Waals surface area (Å²) in [5.41, 5.74) is 5.69. The normalized spacial score (nSPS) is 11.2. The monoisotopic (exact) mass is 328 g/mol. The molecule has 0 bridgehead atoms. The van der Waals surface area contributed by atoms with Crippen LogP contribution in [0.25, 0.3) is 33.3 Å². The van der Waals surface area contributed by atoms with Gasteiger partial charge in [0, 0.05) is 6.54 Å². The molecule has 25 heavy (non-hydrogen) atoms. The van der Waals surface area contributed by atoms with Gasteiger partial charge in [-0.15, -0.1) is 0 Å². The number of fused-ring (bicyclic) bond motifs is 2. The quantitative estimate of drug-likeness (QED) is 0.560. The third kappa shape index (κ3) is 2.80. The molecule has 2 aromatic heterocycles. The summed E-state index contributed by atoms with van der Waals surface area (Å²) < 4.78 is 2.06. The Balaban J connectivity index is 2.05. The van der Waals surface area contributed by atoms with E-state index < -0.39 is 0 Å². The second-order valence-electron chi connectivity index (χ2n) is 6.20. The molecule has 0 saturated carbocycles. The lowest BCUT2D eigenvalue weighted by atomic mass is 10.1. The number of para-hydroxylation sites is 2. The van der Waals surface area contributed by atoms with Crippen LogP contribution in [0.2, 0.25) is 0 Å². The van der Waals surface area contributed by atoms with Crippen LogP contribution in [0.5, 0.6) is 0 Å². The van der Waals surface area contributed by atoms with Gasteiger partial charge in [-0.1, -0.05) is 55.8 Å². The lowest BCUT2D eigenvalue weighted by Gasteiger charge is -2.15. The third-order valence-electron chi connectivity index (χ3n) is 4.46. The van der Waals surface area contributed by atoms with Gasteiger partial charge in [0.05, 0.1) is 22.2 Å². The van der Waals surface area contributed by atoms with Gasteiger partial charge in [0.25, 0.3) is 0 Å². The Bertz CT molecular complexity index is 1100. The number of aromatic nitrogens is 3. The highest BCUT2D eigenvalue weighted by Crippen LogP contribution is 2.22. The molecule has 0 saturated heterocycles. The zero-order chi connectivity index (χ0) is 17.2. The van der Waals surface area contributed by atoms with Gasteiger partial charge in [-0.25, -0.2) is 9.97 Å². The second-order valence-corrected chi connectivity index (χ2v) is 6.20. The molecule has 0 fully saturated rings. The second kappa shape index (κ2) is 6.48. The van der Waals surface area contributed by atoms with Gasteiger partial charge in [-0.2, -0.15) is 0 Å². The molecule has 0 unspecified atom stereocenters. The number of pyridine rings is 1. The van der Waals surface area contributed by atoms with E-state index in [2.05, 4.69) is 29.7 Å². The summed E-state index contributed by atoms with van der Waals surface area (Å²) in [6, 6.07) is 20.1. The van der Waals surface area contributed by atoms with Crippen LogP contribution in [0.3, 0.4) is 0 Å². The molecule has 2 aromatic carbocycles. The van der Waals surface area contributed by atoms with E-state index in [1.165, 1.54) is 0 Å². The van der Waals surface area contributed by atoms with Gasteiger partial charge in [-0.3, -0.25) is 5.41 Å². The Morgan fingerprint density at radius 2 is 1.56 bits per heavy atom. The van der Waals surface area contributed by atoms with E-state index in [1.807, 2.05) is 42.5 Å². The summed E-state index contributed by atoms with van der Waals surface area (Å²) in [6.07, 6.45) is 2.12. The van der Waals surface area contributed by atoms with Crippen molar-refractivity contribution in [3.8, 4) is 11.3 Å². The minimum absolute atomic E-state index is 0.433. The van der Waals surface area contributed by atoms with E-state index in [0.29, 0.717) is 11.0 Å². The van der Waals surface area contributed by atoms with E-state index >= 15 is 0 Å². The number of hydrogen-bond acceptors (Lipinski definition) is 3. The molecule has 0 aliphatic rings. The van der Waals surface area contributed by atoms with Crippen LogP contribution in [-0.4, -0.2) is 14.5 Å². The van der Waals surface area contributed by atoms with Gasteiger partial charge < -0.3 is 4.57 Å². The van der Waals surface area contributed by atoms with Crippen LogP contribution in [0.1, 0.15) is 19.8 Å². The first-order chi connectivity index (χ1) is 12.3. The van der Waals surface area contributed by atoms with Crippen molar-refractivity contribution in [2.45, 2.75) is 26.3 Å². The van der Waals surface area contributed by atoms with Crippen LogP contribution < -0.4 is 5.49 Å². The number of nitrogens with one attached hydrogen (secondary N) is 1. The van der Waals surface area contributed by atoms with E-state index in [0.717, 1.165) is 47.2 Å². The van der Waals surface area contributed by atoms with E-state index in [1.54, 1.807) is 0 Å². The largest absolute Gasteiger partial charge is 0.324 e. The Labute approximate surface area is 146 Å². The van der Waals surface area contributed by atoms with Gasteiger partial charge >= 0.3 is 0 Å².